The van der Waals surface area contributed by atoms with Crippen molar-refractivity contribution in [3.63, 3.8) is 0 Å². The number of halogens is 1. The van der Waals surface area contributed by atoms with Crippen LogP contribution >= 0.6 is 15.9 Å². The van der Waals surface area contributed by atoms with E-state index in [2.05, 4.69) is 30.9 Å². The zero-order valence-corrected chi connectivity index (χ0v) is 36.4. The summed E-state index contributed by atoms with van der Waals surface area (Å²) in [6.45, 7) is 6.80. The molecule has 0 aliphatic carbocycles. The predicted octanol–water partition coefficient (Wildman–Crippen LogP) is 9.52. The third-order valence-electron chi connectivity index (χ3n) is 8.60. The van der Waals surface area contributed by atoms with E-state index in [0.29, 0.717) is 41.0 Å². The lowest BCUT2D eigenvalue weighted by Gasteiger charge is -2.12. The van der Waals surface area contributed by atoms with Gasteiger partial charge in [-0.25, -0.2) is 26.8 Å². The predicted molar refractivity (Wildman–Crippen MR) is 236 cm³/mol. The van der Waals surface area contributed by atoms with E-state index in [9.17, 15) is 21.6 Å². The fourth-order valence-corrected chi connectivity index (χ4v) is 7.37. The number of nitrogens with zero attached hydrogens (tertiary/aromatic N) is 2. The molecule has 0 radical (unpaired) electrons. The molecule has 0 bridgehead atoms. The number of aromatic amines is 1. The molecule has 4 aromatic carbocycles. The average molecular weight is 895 g/mol. The highest BCUT2D eigenvalue weighted by Gasteiger charge is 2.12. The van der Waals surface area contributed by atoms with Crippen LogP contribution in [0.1, 0.15) is 27.8 Å². The Bertz CT molecular complexity index is 2760. The fraction of sp³-hybridized carbons (Fsp3) is 0.152. The molecule has 10 nitrogen and oxygen atoms in total. The molecule has 0 amide bonds. The molecule has 1 N–H and O–H groups in total. The van der Waals surface area contributed by atoms with Gasteiger partial charge < -0.3 is 14.5 Å². The number of rotatable bonds is 10. The Morgan fingerprint density at radius 2 is 0.983 bits per heavy atom. The molecule has 13 heteroatoms. The van der Waals surface area contributed by atoms with Crippen molar-refractivity contribution < 1.29 is 26.3 Å². The molecule has 0 aliphatic heterocycles. The summed E-state index contributed by atoms with van der Waals surface area (Å²) in [7, 11) is -6.42. The van der Waals surface area contributed by atoms with Crippen LogP contribution in [0, 0.1) is 20.8 Å². The van der Waals surface area contributed by atoms with E-state index in [4.69, 9.17) is 9.47 Å². The van der Waals surface area contributed by atoms with Crippen molar-refractivity contribution in [1.82, 2.24) is 15.0 Å². The van der Waals surface area contributed by atoms with E-state index in [-0.39, 0.29) is 10.5 Å². The number of pyridine rings is 3. The van der Waals surface area contributed by atoms with Gasteiger partial charge in [0.25, 0.3) is 5.56 Å². The van der Waals surface area contributed by atoms with Crippen LogP contribution in [0.4, 0.5) is 0 Å². The largest absolute Gasteiger partial charge is 0.472 e. The number of hydrogen-bond acceptors (Lipinski definition) is 9. The maximum Gasteiger partial charge on any atom is 0.255 e. The number of benzene rings is 4. The number of ether oxygens (including phenoxy) is 2. The van der Waals surface area contributed by atoms with Gasteiger partial charge in [0.2, 0.25) is 11.8 Å². The van der Waals surface area contributed by atoms with Gasteiger partial charge in [-0.3, -0.25) is 4.79 Å². The lowest BCUT2D eigenvalue weighted by molar-refractivity contribution is 0.291. The normalized spacial score (nSPS) is 11.0. The number of sulfone groups is 2. The van der Waals surface area contributed by atoms with Crippen LogP contribution in [0.15, 0.2) is 165 Å². The van der Waals surface area contributed by atoms with Gasteiger partial charge in [-0.05, 0) is 118 Å². The van der Waals surface area contributed by atoms with Crippen LogP contribution in [-0.2, 0) is 32.9 Å². The summed E-state index contributed by atoms with van der Waals surface area (Å²) < 4.78 is 58.3. The molecule has 304 valence electrons. The van der Waals surface area contributed by atoms with Crippen molar-refractivity contribution in [2.75, 3.05) is 12.5 Å². The minimum absolute atomic E-state index is 0.187. The molecule has 0 atom stereocenters. The molecule has 7 aromatic rings. The third-order valence-corrected chi connectivity index (χ3v) is 11.4. The number of H-pyrrole nitrogens is 1. The molecule has 0 unspecified atom stereocenters. The number of nitrogens with one attached hydrogen (secondary N) is 1. The molecule has 59 heavy (non-hydrogen) atoms. The van der Waals surface area contributed by atoms with E-state index in [1.165, 1.54) is 18.4 Å². The van der Waals surface area contributed by atoms with Crippen LogP contribution < -0.4 is 15.0 Å². The van der Waals surface area contributed by atoms with Gasteiger partial charge in [-0.15, -0.1) is 0 Å². The number of hydrogen-bond donors (Lipinski definition) is 1. The first-order valence-electron chi connectivity index (χ1n) is 18.3. The van der Waals surface area contributed by atoms with Crippen molar-refractivity contribution in [3.05, 3.63) is 189 Å². The lowest BCUT2D eigenvalue weighted by atomic mass is 10.1. The minimum Gasteiger partial charge on any atom is -0.472 e. The molecule has 3 aromatic heterocycles. The van der Waals surface area contributed by atoms with Gasteiger partial charge in [0.1, 0.15) is 13.2 Å². The van der Waals surface area contributed by atoms with Gasteiger partial charge >= 0.3 is 0 Å². The lowest BCUT2D eigenvalue weighted by Crippen LogP contribution is -2.08. The molecule has 7 rings (SSSR count). The second-order valence-electron chi connectivity index (χ2n) is 13.7. The van der Waals surface area contributed by atoms with Crippen molar-refractivity contribution in [2.45, 2.75) is 43.8 Å². The summed E-state index contributed by atoms with van der Waals surface area (Å²) in [5, 5.41) is 0. The van der Waals surface area contributed by atoms with E-state index >= 15 is 0 Å². The van der Waals surface area contributed by atoms with Crippen LogP contribution in [0.2, 0.25) is 0 Å². The fourth-order valence-electron chi connectivity index (χ4n) is 5.53. The van der Waals surface area contributed by atoms with E-state index in [1.54, 1.807) is 61.1 Å². The Morgan fingerprint density at radius 3 is 1.46 bits per heavy atom. The molecular weight excluding hydrogens is 851 g/mol. The summed E-state index contributed by atoms with van der Waals surface area (Å²) in [5.74, 6) is 1.16. The first-order valence-corrected chi connectivity index (χ1v) is 22.9. The van der Waals surface area contributed by atoms with Crippen LogP contribution in [0.25, 0.3) is 22.3 Å². The van der Waals surface area contributed by atoms with Gasteiger partial charge in [0, 0.05) is 42.2 Å². The first-order chi connectivity index (χ1) is 28.1. The van der Waals surface area contributed by atoms with Gasteiger partial charge in [0.05, 0.1) is 14.3 Å². The highest BCUT2D eigenvalue weighted by molar-refractivity contribution is 9.10. The first kappa shape index (κ1) is 44.2. The highest BCUT2D eigenvalue weighted by atomic mass is 79.9. The van der Waals surface area contributed by atoms with Gasteiger partial charge in [-0.2, -0.15) is 0 Å². The summed E-state index contributed by atoms with van der Waals surface area (Å²) in [6.07, 6.45) is 7.54. The minimum atomic E-state index is -3.21. The van der Waals surface area contributed by atoms with Crippen molar-refractivity contribution in [3.8, 4) is 34.0 Å². The molecule has 3 heterocycles. The maximum absolute atomic E-state index is 11.7. The maximum atomic E-state index is 11.7. The topological polar surface area (TPSA) is 145 Å². The number of aryl methyl sites for hydroxylation is 3. The SMILES string of the molecule is Cc1c[nH]c(=O)c(-c2ccc(S(C)(=O)=O)cc2)c1.Cc1cnc(OCc2ccccc2)c(-c2ccc(S(C)(=O)=O)cc2)c1.Cc1cnc(OCc2ccccc2)c(Br)c1. The van der Waals surface area contributed by atoms with Crippen LogP contribution in [0.3, 0.4) is 0 Å². The molecule has 0 fully saturated rings. The zero-order valence-electron chi connectivity index (χ0n) is 33.2. The summed E-state index contributed by atoms with van der Waals surface area (Å²) in [5.41, 5.74) is 8.02. The second-order valence-corrected chi connectivity index (χ2v) is 18.6. The standard InChI is InChI=1S/C20H19NO3S.C13H12BrNO.C13H13NO3S/c1-15-12-19(17-8-10-18(11-9-17)25(2,22)23)20(21-13-15)24-14-16-6-4-3-5-7-16;1-10-7-12(14)13(15-8-10)16-9-11-5-3-2-4-6-11;1-9-7-12(13(15)14-8-9)10-3-5-11(6-4-10)18(2,16)17/h3-13H,14H2,1-2H3;2-8H,9H2,1H3;3-8H,1-2H3,(H,14,15). The highest BCUT2D eigenvalue weighted by Crippen LogP contribution is 2.30. The molecule has 0 aliphatic rings. The Hall–Kier alpha value is -5.89. The Kier molecular flexibility index (Phi) is 15.1. The van der Waals surface area contributed by atoms with E-state index < -0.39 is 19.7 Å². The summed E-state index contributed by atoms with van der Waals surface area (Å²) in [6, 6.07) is 38.7. The Morgan fingerprint density at radius 1 is 0.559 bits per heavy atom. The van der Waals surface area contributed by atoms with Gasteiger partial charge in [0.15, 0.2) is 19.7 Å². The average Bonchev–Trinajstić information content (AvgIpc) is 3.22. The van der Waals surface area contributed by atoms with Crippen molar-refractivity contribution in [1.29, 1.82) is 0 Å². The molecule has 0 saturated heterocycles. The van der Waals surface area contributed by atoms with Crippen molar-refractivity contribution >= 4 is 35.6 Å². The Labute approximate surface area is 354 Å². The summed E-state index contributed by atoms with van der Waals surface area (Å²) in [4.78, 5) is 23.5. The van der Waals surface area contributed by atoms with Crippen LogP contribution in [0.5, 0.6) is 11.8 Å². The third kappa shape index (κ3) is 13.3. The second kappa shape index (κ2) is 20.2. The summed E-state index contributed by atoms with van der Waals surface area (Å²) >= 11 is 3.43. The van der Waals surface area contributed by atoms with E-state index in [0.717, 1.165) is 49.7 Å². The quantitative estimate of drug-likeness (QED) is 0.142. The van der Waals surface area contributed by atoms with E-state index in [1.807, 2.05) is 93.6 Å². The monoisotopic (exact) mass is 893 g/mol. The molecular formula is C46H44BrN3O7S2. The van der Waals surface area contributed by atoms with Crippen LogP contribution in [-0.4, -0.2) is 44.3 Å². The molecule has 0 saturated carbocycles. The Balaban J connectivity index is 0.000000174. The smallest absolute Gasteiger partial charge is 0.255 e. The molecule has 0 spiro atoms. The van der Waals surface area contributed by atoms with Crippen molar-refractivity contribution in [2.24, 2.45) is 0 Å². The van der Waals surface area contributed by atoms with Gasteiger partial charge in [-0.1, -0.05) is 84.9 Å². The number of aromatic nitrogens is 3. The zero-order chi connectivity index (χ0) is 42.6.